The third-order valence-corrected chi connectivity index (χ3v) is 3.82. The van der Waals surface area contributed by atoms with Crippen LogP contribution in [0.15, 0.2) is 6.20 Å². The van der Waals surface area contributed by atoms with Crippen LogP contribution in [0, 0.1) is 0 Å². The van der Waals surface area contributed by atoms with Crippen molar-refractivity contribution in [1.82, 2.24) is 14.7 Å². The smallest absolute Gasteiger partial charge is 0.214 e. The molecule has 1 saturated heterocycles. The third kappa shape index (κ3) is 3.44. The van der Waals surface area contributed by atoms with Crippen LogP contribution < -0.4 is 4.74 Å². The highest BCUT2D eigenvalue weighted by Gasteiger charge is 2.32. The van der Waals surface area contributed by atoms with Gasteiger partial charge in [0.2, 0.25) is 5.78 Å². The summed E-state index contributed by atoms with van der Waals surface area (Å²) in [5, 5.41) is 4.25. The van der Waals surface area contributed by atoms with E-state index in [2.05, 4.69) is 30.8 Å². The Labute approximate surface area is 126 Å². The van der Waals surface area contributed by atoms with Crippen LogP contribution in [0.5, 0.6) is 5.75 Å². The molecule has 0 aliphatic carbocycles. The maximum atomic E-state index is 12.8. The Morgan fingerprint density at radius 1 is 1.57 bits per heavy atom. The summed E-state index contributed by atoms with van der Waals surface area (Å²) in [4.78, 5) is 15.1. The van der Waals surface area contributed by atoms with E-state index in [1.54, 1.807) is 18.0 Å². The van der Waals surface area contributed by atoms with Crippen molar-refractivity contribution in [2.75, 3.05) is 26.8 Å². The van der Waals surface area contributed by atoms with Gasteiger partial charge in [0.15, 0.2) is 5.75 Å². The molecule has 0 saturated carbocycles. The standard InChI is InChI=1S/C15H25N3O3/c1-5-6-18-14(12(20-4)9-16-18)15(19)13-10-17(11(2)3)7-8-21-13/h9,11,13H,5-8,10H2,1-4H3. The quantitative estimate of drug-likeness (QED) is 0.746. The first kappa shape index (κ1) is 16.0. The van der Waals surface area contributed by atoms with Crippen LogP contribution in [-0.2, 0) is 11.3 Å². The van der Waals surface area contributed by atoms with E-state index in [9.17, 15) is 4.79 Å². The molecule has 0 bridgehead atoms. The number of rotatable bonds is 6. The second-order valence-electron chi connectivity index (χ2n) is 5.60. The first-order chi connectivity index (χ1) is 10.1. The number of carbonyl (C=O) groups excluding carboxylic acids is 1. The second kappa shape index (κ2) is 7.04. The molecule has 118 valence electrons. The number of hydrogen-bond acceptors (Lipinski definition) is 5. The molecule has 1 aromatic rings. The predicted octanol–water partition coefficient (Wildman–Crippen LogP) is 1.59. The lowest BCUT2D eigenvalue weighted by molar-refractivity contribution is -0.0261. The molecule has 2 rings (SSSR count). The monoisotopic (exact) mass is 295 g/mol. The molecule has 0 aromatic carbocycles. The number of ether oxygens (including phenoxy) is 2. The van der Waals surface area contributed by atoms with Crippen molar-refractivity contribution in [2.45, 2.75) is 45.9 Å². The molecular formula is C15H25N3O3. The minimum Gasteiger partial charge on any atom is -0.493 e. The molecule has 1 atom stereocenters. The summed E-state index contributed by atoms with van der Waals surface area (Å²) in [6.45, 7) is 9.09. The Kier molecular flexibility index (Phi) is 5.36. The lowest BCUT2D eigenvalue weighted by Crippen LogP contribution is -2.49. The van der Waals surface area contributed by atoms with Crippen molar-refractivity contribution < 1.29 is 14.3 Å². The van der Waals surface area contributed by atoms with Gasteiger partial charge in [-0.2, -0.15) is 5.10 Å². The number of methoxy groups -OCH3 is 1. The lowest BCUT2D eigenvalue weighted by atomic mass is 10.1. The molecule has 0 radical (unpaired) electrons. The molecular weight excluding hydrogens is 270 g/mol. The molecule has 1 aromatic heterocycles. The number of nitrogens with zero attached hydrogens (tertiary/aromatic N) is 3. The Hall–Kier alpha value is -1.40. The summed E-state index contributed by atoms with van der Waals surface area (Å²) in [5.41, 5.74) is 0.523. The highest BCUT2D eigenvalue weighted by atomic mass is 16.5. The molecule has 0 spiro atoms. The Morgan fingerprint density at radius 3 is 2.95 bits per heavy atom. The van der Waals surface area contributed by atoms with Gasteiger partial charge in [0, 0.05) is 25.7 Å². The molecule has 6 heteroatoms. The minimum absolute atomic E-state index is 0.0387. The molecule has 21 heavy (non-hydrogen) atoms. The zero-order valence-corrected chi connectivity index (χ0v) is 13.3. The average molecular weight is 295 g/mol. The number of morpholine rings is 1. The van der Waals surface area contributed by atoms with E-state index in [0.717, 1.165) is 13.0 Å². The van der Waals surface area contributed by atoms with E-state index in [4.69, 9.17) is 9.47 Å². The number of aryl methyl sites for hydroxylation is 1. The Bertz CT molecular complexity index is 485. The molecule has 0 N–H and O–H groups in total. The van der Waals surface area contributed by atoms with Crippen molar-refractivity contribution in [3.8, 4) is 5.75 Å². The summed E-state index contributed by atoms with van der Waals surface area (Å²) in [7, 11) is 1.56. The average Bonchev–Trinajstić information content (AvgIpc) is 2.89. The van der Waals surface area contributed by atoms with Gasteiger partial charge < -0.3 is 9.47 Å². The van der Waals surface area contributed by atoms with Crippen LogP contribution in [-0.4, -0.2) is 59.4 Å². The van der Waals surface area contributed by atoms with Crippen LogP contribution in [0.1, 0.15) is 37.7 Å². The van der Waals surface area contributed by atoms with E-state index in [1.165, 1.54) is 0 Å². The van der Waals surface area contributed by atoms with E-state index >= 15 is 0 Å². The first-order valence-corrected chi connectivity index (χ1v) is 7.58. The molecule has 1 aliphatic rings. The van der Waals surface area contributed by atoms with Gasteiger partial charge >= 0.3 is 0 Å². The van der Waals surface area contributed by atoms with Gasteiger partial charge in [0.05, 0.1) is 19.9 Å². The number of aromatic nitrogens is 2. The van der Waals surface area contributed by atoms with Crippen molar-refractivity contribution in [3.63, 3.8) is 0 Å². The van der Waals surface area contributed by atoms with Gasteiger partial charge in [0.1, 0.15) is 11.8 Å². The number of hydrogen-bond donors (Lipinski definition) is 0. The molecule has 1 aliphatic heterocycles. The van der Waals surface area contributed by atoms with Gasteiger partial charge in [-0.3, -0.25) is 14.4 Å². The number of Topliss-reactive ketones (excluding diaryl/α,β-unsaturated/α-hetero) is 1. The van der Waals surface area contributed by atoms with Crippen LogP contribution in [0.25, 0.3) is 0 Å². The fourth-order valence-corrected chi connectivity index (χ4v) is 2.60. The van der Waals surface area contributed by atoms with Crippen molar-refractivity contribution in [2.24, 2.45) is 0 Å². The van der Waals surface area contributed by atoms with E-state index in [0.29, 0.717) is 37.2 Å². The Morgan fingerprint density at radius 2 is 2.33 bits per heavy atom. The van der Waals surface area contributed by atoms with Crippen LogP contribution in [0.4, 0.5) is 0 Å². The van der Waals surface area contributed by atoms with E-state index in [1.807, 2.05) is 0 Å². The second-order valence-corrected chi connectivity index (χ2v) is 5.60. The summed E-state index contributed by atoms with van der Waals surface area (Å²) in [6, 6.07) is 0.409. The molecule has 0 amide bonds. The molecule has 2 heterocycles. The lowest BCUT2D eigenvalue weighted by Gasteiger charge is -2.34. The minimum atomic E-state index is -0.442. The normalized spacial score (nSPS) is 20.0. The maximum absolute atomic E-state index is 12.8. The van der Waals surface area contributed by atoms with Gasteiger partial charge in [0.25, 0.3) is 0 Å². The number of carbonyl (C=O) groups is 1. The predicted molar refractivity (Wildman–Crippen MR) is 79.8 cm³/mol. The van der Waals surface area contributed by atoms with Gasteiger partial charge in [-0.1, -0.05) is 6.92 Å². The fourth-order valence-electron chi connectivity index (χ4n) is 2.60. The summed E-state index contributed by atoms with van der Waals surface area (Å²) in [5.74, 6) is 0.488. The van der Waals surface area contributed by atoms with Crippen molar-refractivity contribution in [3.05, 3.63) is 11.9 Å². The summed E-state index contributed by atoms with van der Waals surface area (Å²) >= 11 is 0. The third-order valence-electron chi connectivity index (χ3n) is 3.82. The van der Waals surface area contributed by atoms with Gasteiger partial charge in [-0.25, -0.2) is 0 Å². The van der Waals surface area contributed by atoms with Crippen LogP contribution in [0.3, 0.4) is 0 Å². The van der Waals surface area contributed by atoms with Gasteiger partial charge in [-0.05, 0) is 20.3 Å². The van der Waals surface area contributed by atoms with E-state index < -0.39 is 6.10 Å². The zero-order valence-electron chi connectivity index (χ0n) is 13.3. The largest absolute Gasteiger partial charge is 0.493 e. The van der Waals surface area contributed by atoms with Crippen molar-refractivity contribution >= 4 is 5.78 Å². The summed E-state index contributed by atoms with van der Waals surface area (Å²) in [6.07, 6.45) is 2.07. The maximum Gasteiger partial charge on any atom is 0.214 e. The molecule has 1 fully saturated rings. The SMILES string of the molecule is CCCn1ncc(OC)c1C(=O)C1CN(C(C)C)CCO1. The van der Waals surface area contributed by atoms with Crippen LogP contribution in [0.2, 0.25) is 0 Å². The summed E-state index contributed by atoms with van der Waals surface area (Å²) < 4.78 is 12.7. The topological polar surface area (TPSA) is 56.6 Å². The number of ketones is 1. The molecule has 1 unspecified atom stereocenters. The Balaban J connectivity index is 2.20. The first-order valence-electron chi connectivity index (χ1n) is 7.58. The highest BCUT2D eigenvalue weighted by molar-refractivity contribution is 6.00. The van der Waals surface area contributed by atoms with E-state index in [-0.39, 0.29) is 5.78 Å². The van der Waals surface area contributed by atoms with Crippen LogP contribution >= 0.6 is 0 Å². The fraction of sp³-hybridized carbons (Fsp3) is 0.733. The highest BCUT2D eigenvalue weighted by Crippen LogP contribution is 2.22. The van der Waals surface area contributed by atoms with Crippen molar-refractivity contribution in [1.29, 1.82) is 0 Å². The zero-order chi connectivity index (χ0) is 15.4. The van der Waals surface area contributed by atoms with Gasteiger partial charge in [-0.15, -0.1) is 0 Å². The molecule has 6 nitrogen and oxygen atoms in total.